The fourth-order valence-corrected chi connectivity index (χ4v) is 9.32. The van der Waals surface area contributed by atoms with E-state index in [0.29, 0.717) is 0 Å². The molecule has 3 aliphatic heterocycles. The quantitative estimate of drug-likeness (QED) is 0.0490. The van der Waals surface area contributed by atoms with Crippen molar-refractivity contribution in [2.24, 2.45) is 0 Å². The van der Waals surface area contributed by atoms with Gasteiger partial charge >= 0.3 is 29.6 Å². The summed E-state index contributed by atoms with van der Waals surface area (Å²) in [4.78, 5) is 92.7. The van der Waals surface area contributed by atoms with Gasteiger partial charge < -0.3 is 46.3 Å². The molecule has 12 N–H and O–H groups in total. The molecule has 3 aliphatic rings. The number of H-pyrrole nitrogens is 2. The lowest BCUT2D eigenvalue weighted by Gasteiger charge is -2.24. The van der Waals surface area contributed by atoms with E-state index >= 15 is 0 Å². The molecule has 0 spiro atoms. The van der Waals surface area contributed by atoms with E-state index in [1.54, 1.807) is 0 Å². The fourth-order valence-electron chi connectivity index (χ4n) is 7.13. The molecule has 8 heterocycles. The minimum atomic E-state index is -5.19. The summed E-state index contributed by atoms with van der Waals surface area (Å²) in [5.74, 6) is -0.559. The van der Waals surface area contributed by atoms with Crippen LogP contribution >= 0.6 is 23.9 Å². The van der Waals surface area contributed by atoms with Gasteiger partial charge in [-0.15, -0.1) is 9.42 Å². The molecular formula is C29H37N13O18P3+. The van der Waals surface area contributed by atoms with Crippen LogP contribution in [-0.2, 0) is 50.5 Å². The van der Waals surface area contributed by atoms with Crippen molar-refractivity contribution in [3.8, 4) is 0 Å². The Morgan fingerprint density at radius 2 is 1.22 bits per heavy atom. The molecule has 63 heavy (non-hydrogen) atoms. The number of hydrogen-bond acceptors (Lipinski definition) is 23. The standard InChI is InChI=1S/C29H36N13O18P3/c30-17-1-2-40(29(46)35-17)18-3-11(43)14(56-18)7-54-62(49,50)60-13-5-20(42-10-34-22-24(42)37-28(32)39-26(22)45)58-16(13)8-55-63(51,52)59-12-4-19(57-15(12)6-53-61(47)48)41-9-33-21-23(41)36-27(31)38-25(21)44/h1-2,9-16,18-20,43H,3-8H2,(H10-,30,31,32,35,36,37,38,39,44,45,46,47,48,49,50,51,52)/p+1/t11-,12-,13-,14+,15+,16+,18+,19+,20+/m0/s1. The van der Waals surface area contributed by atoms with Gasteiger partial charge in [0.15, 0.2) is 22.3 Å². The van der Waals surface area contributed by atoms with Crippen LogP contribution in [0, 0.1) is 0 Å². The predicted octanol–water partition coefficient (Wildman–Crippen LogP) is -1.85. The Morgan fingerprint density at radius 3 is 1.73 bits per heavy atom. The number of nitrogens with zero attached hydrogens (tertiary/aromatic N) is 8. The number of anilines is 3. The van der Waals surface area contributed by atoms with Gasteiger partial charge in [-0.2, -0.15) is 15.0 Å². The number of nitrogens with two attached hydrogens (primary N) is 3. The molecule has 5 aromatic rings. The molecule has 34 heteroatoms. The molecule has 8 rings (SSSR count). The molecule has 3 unspecified atom stereocenters. The number of phosphoric acid groups is 2. The fraction of sp³-hybridized carbons (Fsp3) is 0.517. The Morgan fingerprint density at radius 1 is 0.746 bits per heavy atom. The van der Waals surface area contributed by atoms with Gasteiger partial charge in [-0.05, 0) is 6.07 Å². The Labute approximate surface area is 350 Å². The first kappa shape index (κ1) is 44.7. The van der Waals surface area contributed by atoms with Gasteiger partial charge in [0.05, 0.1) is 32.0 Å². The van der Waals surface area contributed by atoms with Crippen molar-refractivity contribution in [1.29, 1.82) is 0 Å². The number of fused-ring (bicyclic) bond motifs is 2. The van der Waals surface area contributed by atoms with Crippen LogP contribution in [0.2, 0.25) is 0 Å². The minimum absolute atomic E-state index is 0.0146. The van der Waals surface area contributed by atoms with E-state index in [1.165, 1.54) is 34.1 Å². The van der Waals surface area contributed by atoms with Crippen LogP contribution < -0.4 is 34.0 Å². The molecule has 12 atom stereocenters. The number of aromatic amines is 2. The minimum Gasteiger partial charge on any atom is -0.390 e. The summed E-state index contributed by atoms with van der Waals surface area (Å²) in [6, 6.07) is 1.34. The summed E-state index contributed by atoms with van der Waals surface area (Å²) in [5, 5.41) is 10.6. The highest BCUT2D eigenvalue weighted by atomic mass is 31.2. The third-order valence-electron chi connectivity index (χ3n) is 9.94. The number of nitrogens with one attached hydrogen (secondary N) is 2. The van der Waals surface area contributed by atoms with Gasteiger partial charge in [0.2, 0.25) is 11.9 Å². The van der Waals surface area contributed by atoms with Gasteiger partial charge in [-0.1, -0.05) is 0 Å². The third kappa shape index (κ3) is 9.77. The first-order valence-electron chi connectivity index (χ1n) is 18.4. The molecule has 0 radical (unpaired) electrons. The number of imidazole rings is 2. The van der Waals surface area contributed by atoms with E-state index in [-0.39, 0.29) is 59.3 Å². The van der Waals surface area contributed by atoms with Crippen LogP contribution in [0.3, 0.4) is 0 Å². The zero-order chi connectivity index (χ0) is 45.0. The number of ether oxygens (including phenoxy) is 3. The lowest BCUT2D eigenvalue weighted by molar-refractivity contribution is -0.0598. The van der Waals surface area contributed by atoms with Crippen LogP contribution in [0.4, 0.5) is 17.7 Å². The molecule has 31 nitrogen and oxygen atoms in total. The molecule has 0 bridgehead atoms. The number of phosphoric ester groups is 2. The summed E-state index contributed by atoms with van der Waals surface area (Å²) in [6.07, 6.45) is -8.43. The first-order valence-corrected chi connectivity index (χ1v) is 22.5. The number of nitrogen functional groups attached to an aromatic ring is 3. The average molecular weight is 949 g/mol. The van der Waals surface area contributed by atoms with E-state index in [0.717, 1.165) is 4.57 Å². The smallest absolute Gasteiger partial charge is 0.390 e. The van der Waals surface area contributed by atoms with Crippen molar-refractivity contribution < 1.29 is 70.3 Å². The summed E-state index contributed by atoms with van der Waals surface area (Å²) in [7, 11) is -13.5. The number of rotatable bonds is 16. The van der Waals surface area contributed by atoms with Gasteiger partial charge in [-0.3, -0.25) is 51.4 Å². The molecule has 5 aromatic heterocycles. The second kappa shape index (κ2) is 17.6. The molecule has 0 aromatic carbocycles. The molecule has 0 saturated carbocycles. The number of aliphatic hydroxyl groups excluding tert-OH is 1. The molecule has 3 fully saturated rings. The summed E-state index contributed by atoms with van der Waals surface area (Å²) >= 11 is 0. The van der Waals surface area contributed by atoms with Crippen LogP contribution in [0.1, 0.15) is 37.9 Å². The van der Waals surface area contributed by atoms with Crippen molar-refractivity contribution in [1.82, 2.24) is 48.6 Å². The van der Waals surface area contributed by atoms with E-state index in [9.17, 15) is 47.9 Å². The normalized spacial score (nSPS) is 28.4. The summed E-state index contributed by atoms with van der Waals surface area (Å²) in [6.45, 7) is -2.20. The van der Waals surface area contributed by atoms with Crippen molar-refractivity contribution in [3.05, 3.63) is 56.1 Å². The monoisotopic (exact) mass is 948 g/mol. The SMILES string of the molecule is Nc1ccn([C@H]2C[C@H](O)[C@@H](COP(=O)(O)O[C@H]3C[C@H](n4cnc5c(=O)[nH]c(N)nc54)O[C@@H]3COP(=O)(O)O[C@H]3C[C@H](n4cnc5c(=O)[nH]c(N)nc54)O[C@@H]3CO[P+](=O)O)O2)c(=O)n1. The van der Waals surface area contributed by atoms with E-state index in [4.69, 9.17) is 54.0 Å². The Kier molecular flexibility index (Phi) is 12.4. The van der Waals surface area contributed by atoms with Crippen LogP contribution in [0.5, 0.6) is 0 Å². The topological polar surface area (TPSA) is 446 Å². The third-order valence-corrected chi connectivity index (χ3v) is 12.3. The maximum absolute atomic E-state index is 13.5. The Balaban J connectivity index is 0.976. The lowest BCUT2D eigenvalue weighted by Crippen LogP contribution is -2.31. The van der Waals surface area contributed by atoms with Gasteiger partial charge in [0.25, 0.3) is 11.1 Å². The van der Waals surface area contributed by atoms with Crippen molar-refractivity contribution in [2.75, 3.05) is 37.0 Å². The molecular weight excluding hydrogens is 911 g/mol. The summed E-state index contributed by atoms with van der Waals surface area (Å²) in [5.41, 5.74) is 14.5. The highest BCUT2D eigenvalue weighted by Gasteiger charge is 2.47. The maximum atomic E-state index is 13.5. The highest BCUT2D eigenvalue weighted by Crippen LogP contribution is 2.52. The van der Waals surface area contributed by atoms with E-state index < -0.39 is 116 Å². The second-order valence-corrected chi connectivity index (χ2v) is 17.7. The van der Waals surface area contributed by atoms with Crippen molar-refractivity contribution in [2.45, 2.75) is 74.6 Å². The van der Waals surface area contributed by atoms with Gasteiger partial charge in [0.1, 0.15) is 61.6 Å². The van der Waals surface area contributed by atoms with Crippen LogP contribution in [0.25, 0.3) is 22.3 Å². The molecule has 3 saturated heterocycles. The first-order chi connectivity index (χ1) is 29.8. The van der Waals surface area contributed by atoms with Crippen LogP contribution in [0.15, 0.2) is 39.3 Å². The Bertz CT molecular complexity index is 2820. The zero-order valence-electron chi connectivity index (χ0n) is 31.9. The van der Waals surface area contributed by atoms with Crippen molar-refractivity contribution >= 4 is 63.9 Å². The number of aromatic nitrogens is 10. The largest absolute Gasteiger partial charge is 0.694 e. The average Bonchev–Trinajstić information content (AvgIpc) is 4.03. The van der Waals surface area contributed by atoms with Gasteiger partial charge in [0, 0.05) is 30.0 Å². The lowest BCUT2D eigenvalue weighted by atomic mass is 10.2. The molecule has 340 valence electrons. The molecule has 0 amide bonds. The Hall–Kier alpha value is -4.94. The summed E-state index contributed by atoms with van der Waals surface area (Å²) < 4.78 is 85.8. The number of aliphatic hydroxyl groups is 1. The molecule has 0 aliphatic carbocycles. The van der Waals surface area contributed by atoms with Crippen LogP contribution in [-0.4, -0.2) is 125 Å². The predicted molar refractivity (Wildman–Crippen MR) is 207 cm³/mol. The highest BCUT2D eigenvalue weighted by molar-refractivity contribution is 7.47. The number of hydrogen-bond donors (Lipinski definition) is 9. The van der Waals surface area contributed by atoms with Gasteiger partial charge in [-0.25, -0.2) is 23.9 Å². The van der Waals surface area contributed by atoms with E-state index in [2.05, 4.69) is 34.9 Å². The zero-order valence-corrected chi connectivity index (χ0v) is 34.6. The van der Waals surface area contributed by atoms with E-state index in [1.807, 2.05) is 0 Å². The maximum Gasteiger partial charge on any atom is 0.694 e. The second-order valence-electron chi connectivity index (χ2n) is 14.1. The van der Waals surface area contributed by atoms with Crippen molar-refractivity contribution in [3.63, 3.8) is 0 Å².